The van der Waals surface area contributed by atoms with Crippen molar-refractivity contribution in [2.75, 3.05) is 10.6 Å². The van der Waals surface area contributed by atoms with Crippen molar-refractivity contribution in [3.63, 3.8) is 0 Å². The van der Waals surface area contributed by atoms with Crippen LogP contribution in [-0.2, 0) is 16.7 Å². The maximum absolute atomic E-state index is 5.78. The molecule has 0 amide bonds. The molecule has 5 nitrogen and oxygen atoms in total. The molecule has 1 N–H and O–H groups in total. The van der Waals surface area contributed by atoms with Crippen LogP contribution in [0.5, 0.6) is 0 Å². The van der Waals surface area contributed by atoms with E-state index in [1.54, 1.807) is 11.3 Å². The average molecular weight is 592 g/mol. The van der Waals surface area contributed by atoms with Gasteiger partial charge in [0, 0.05) is 29.0 Å². The number of anilines is 1. The zero-order chi connectivity index (χ0) is 25.7. The van der Waals surface area contributed by atoms with Crippen LogP contribution in [0.3, 0.4) is 0 Å². The fourth-order valence-electron chi connectivity index (χ4n) is 4.75. The van der Waals surface area contributed by atoms with Crippen molar-refractivity contribution < 1.29 is 4.52 Å². The number of alkyl halides is 1. The summed E-state index contributed by atoms with van der Waals surface area (Å²) < 4.78 is 5.78. The summed E-state index contributed by atoms with van der Waals surface area (Å²) in [5.41, 5.74) is 3.85. The highest BCUT2D eigenvalue weighted by Gasteiger charge is 2.47. The molecule has 0 fully saturated rings. The third-order valence-electron chi connectivity index (χ3n) is 6.42. The number of rotatable bonds is 10. The molecule has 0 aliphatic heterocycles. The van der Waals surface area contributed by atoms with Gasteiger partial charge in [-0.05, 0) is 23.6 Å². The Morgan fingerprint density at radius 1 is 0.865 bits per heavy atom. The lowest BCUT2D eigenvalue weighted by Crippen LogP contribution is -2.41. The predicted octanol–water partition coefficient (Wildman–Crippen LogP) is 7.39. The number of hydrogen-bond acceptors (Lipinski definition) is 7. The van der Waals surface area contributed by atoms with Gasteiger partial charge in [0.25, 0.3) is 5.89 Å². The number of thiol groups is 1. The average Bonchev–Trinajstić information content (AvgIpc) is 3.58. The molecule has 1 atom stereocenters. The third kappa shape index (κ3) is 5.37. The van der Waals surface area contributed by atoms with E-state index in [2.05, 4.69) is 110 Å². The Bertz CT molecular complexity index is 1330. The maximum Gasteiger partial charge on any atom is 0.262 e. The van der Waals surface area contributed by atoms with Crippen molar-refractivity contribution in [2.24, 2.45) is 0 Å². The third-order valence-corrected chi connectivity index (χ3v) is 8.08. The molecule has 3 aromatic carbocycles. The van der Waals surface area contributed by atoms with Gasteiger partial charge >= 0.3 is 0 Å². The lowest BCUT2D eigenvalue weighted by atomic mass is 9.65. The van der Waals surface area contributed by atoms with Gasteiger partial charge in [0.1, 0.15) is 0 Å². The van der Waals surface area contributed by atoms with Gasteiger partial charge in [-0.15, -0.1) is 24.0 Å². The van der Waals surface area contributed by atoms with Crippen molar-refractivity contribution in [2.45, 2.75) is 30.1 Å². The van der Waals surface area contributed by atoms with Crippen LogP contribution in [0.15, 0.2) is 101 Å². The van der Waals surface area contributed by atoms with Crippen LogP contribution in [0, 0.1) is 6.92 Å². The molecule has 37 heavy (non-hydrogen) atoms. The quantitative estimate of drug-likeness (QED) is 0.0768. The second-order valence-corrected chi connectivity index (χ2v) is 11.3. The van der Waals surface area contributed by atoms with E-state index in [1.165, 1.54) is 0 Å². The zero-order valence-electron chi connectivity index (χ0n) is 20.3. The predicted molar refractivity (Wildman–Crippen MR) is 157 cm³/mol. The molecule has 2 heterocycles. The minimum Gasteiger partial charge on any atom is -0.339 e. The lowest BCUT2D eigenvalue weighted by molar-refractivity contribution is 0.325. The summed E-state index contributed by atoms with van der Waals surface area (Å²) in [7, 11) is 0. The van der Waals surface area contributed by atoms with Crippen LogP contribution < -0.4 is 5.32 Å². The van der Waals surface area contributed by atoms with Gasteiger partial charge in [0.05, 0.1) is 5.69 Å². The first-order chi connectivity index (χ1) is 18.0. The van der Waals surface area contributed by atoms with Gasteiger partial charge in [-0.25, -0.2) is 4.98 Å². The fourth-order valence-corrected chi connectivity index (χ4v) is 6.49. The molecule has 0 spiro atoms. The number of benzene rings is 3. The minimum atomic E-state index is -1.04. The molecule has 0 aliphatic carbocycles. The summed E-state index contributed by atoms with van der Waals surface area (Å²) in [6.45, 7) is 1.82. The summed E-state index contributed by atoms with van der Waals surface area (Å²) in [5.74, 6) is 0.955. The summed E-state index contributed by atoms with van der Waals surface area (Å²) in [6, 6.07) is 31.6. The molecule has 0 bridgehead atoms. The van der Waals surface area contributed by atoms with Crippen molar-refractivity contribution in [1.82, 2.24) is 15.1 Å². The molecule has 1 unspecified atom stereocenters. The first kappa shape index (κ1) is 25.7. The number of nitrogens with zero attached hydrogens (tertiary/aromatic N) is 3. The Kier molecular flexibility index (Phi) is 7.79. The number of nitrogens with one attached hydrogen (secondary N) is 1. The fraction of sp³-hybridized carbons (Fsp3) is 0.207. The molecule has 0 radical (unpaired) electrons. The van der Waals surface area contributed by atoms with E-state index in [4.69, 9.17) is 22.1 Å². The van der Waals surface area contributed by atoms with Gasteiger partial charge < -0.3 is 9.84 Å². The Morgan fingerprint density at radius 3 is 1.86 bits per heavy atom. The van der Waals surface area contributed by atoms with Crippen molar-refractivity contribution in [1.29, 1.82) is 0 Å². The first-order valence-electron chi connectivity index (χ1n) is 12.0. The smallest absolute Gasteiger partial charge is 0.262 e. The number of hydrogen-bond donors (Lipinski definition) is 2. The minimum absolute atomic E-state index is 0.401. The highest BCUT2D eigenvalue weighted by atomic mass is 79.9. The van der Waals surface area contributed by atoms with Crippen LogP contribution in [-0.4, -0.2) is 20.5 Å². The second-order valence-electron chi connectivity index (χ2n) is 8.90. The normalized spacial score (nSPS) is 13.3. The van der Waals surface area contributed by atoms with Gasteiger partial charge in [0.2, 0.25) is 0 Å². The molecular weight excluding hydrogens is 564 g/mol. The Hall–Kier alpha value is -2.94. The number of thiazole rings is 1. The monoisotopic (exact) mass is 590 g/mol. The second kappa shape index (κ2) is 11.2. The van der Waals surface area contributed by atoms with E-state index in [-0.39, 0.29) is 0 Å². The summed E-state index contributed by atoms with van der Waals surface area (Å²) >= 11 is 10.3. The van der Waals surface area contributed by atoms with Crippen LogP contribution >= 0.6 is 39.9 Å². The van der Waals surface area contributed by atoms with Crippen LogP contribution in [0.2, 0.25) is 0 Å². The van der Waals surface area contributed by atoms with Crippen molar-refractivity contribution >= 4 is 45.0 Å². The van der Waals surface area contributed by atoms with Crippen molar-refractivity contribution in [3.8, 4) is 0 Å². The molecular formula is C29H27BrN4OS2. The molecule has 188 valence electrons. The summed E-state index contributed by atoms with van der Waals surface area (Å²) in [5, 5.41) is 11.4. The van der Waals surface area contributed by atoms with E-state index in [9.17, 15) is 0 Å². The van der Waals surface area contributed by atoms with Crippen LogP contribution in [0.4, 0.5) is 5.13 Å². The topological polar surface area (TPSA) is 63.8 Å². The summed E-state index contributed by atoms with van der Waals surface area (Å²) in [6.07, 6.45) is 1.33. The highest BCUT2D eigenvalue weighted by molar-refractivity contribution is 9.09. The SMILES string of the molecule is Cc1noc(C(S)(CC(c2ccccc2)(c2ccccc2)c2ccccc2)Nc2nc(CCBr)cs2)n1. The standard InChI is InChI=1S/C29H27BrN4OS2/c1-21-31-26(35-34-21)29(36,33-27-32-25(17-18-30)19-37-27)20-28(22-11-5-2-6-12-22,23-13-7-3-8-14-23)24-15-9-4-10-16-24/h2-16,19,36H,17-18,20H2,1H3,(H,32,33). The molecule has 5 rings (SSSR count). The number of aryl methyl sites for hydroxylation is 2. The Morgan fingerprint density at radius 2 is 1.41 bits per heavy atom. The van der Waals surface area contributed by atoms with Gasteiger partial charge in [-0.1, -0.05) is 112 Å². The zero-order valence-corrected chi connectivity index (χ0v) is 23.6. The van der Waals surface area contributed by atoms with Gasteiger partial charge in [0.15, 0.2) is 15.8 Å². The maximum atomic E-state index is 5.78. The van der Waals surface area contributed by atoms with E-state index in [0.29, 0.717) is 18.1 Å². The molecule has 8 heteroatoms. The highest BCUT2D eigenvalue weighted by Crippen LogP contribution is 2.49. The van der Waals surface area contributed by atoms with E-state index < -0.39 is 10.3 Å². The van der Waals surface area contributed by atoms with E-state index in [1.807, 2.05) is 25.1 Å². The largest absolute Gasteiger partial charge is 0.339 e. The van der Waals surface area contributed by atoms with E-state index >= 15 is 0 Å². The Balaban J connectivity index is 1.72. The van der Waals surface area contributed by atoms with Crippen molar-refractivity contribution in [3.05, 3.63) is 130 Å². The van der Waals surface area contributed by atoms with Crippen LogP contribution in [0.25, 0.3) is 0 Å². The molecule has 5 aromatic rings. The van der Waals surface area contributed by atoms with Crippen LogP contribution in [0.1, 0.15) is 40.5 Å². The number of halogens is 1. The lowest BCUT2D eigenvalue weighted by Gasteiger charge is -2.41. The molecule has 2 aromatic heterocycles. The van der Waals surface area contributed by atoms with E-state index in [0.717, 1.165) is 39.3 Å². The Labute approximate surface area is 234 Å². The first-order valence-corrected chi connectivity index (χ1v) is 14.5. The molecule has 0 saturated carbocycles. The van der Waals surface area contributed by atoms with Gasteiger partial charge in [-0.3, -0.25) is 0 Å². The number of aromatic nitrogens is 3. The summed E-state index contributed by atoms with van der Waals surface area (Å²) in [4.78, 5) is 8.41. The molecule has 0 saturated heterocycles. The van der Waals surface area contributed by atoms with Gasteiger partial charge in [-0.2, -0.15) is 4.98 Å². The molecule has 0 aliphatic rings.